The smallest absolute Gasteiger partial charge is 0.327 e. The summed E-state index contributed by atoms with van der Waals surface area (Å²) in [4.78, 5) is 9.25. The lowest BCUT2D eigenvalue weighted by Crippen LogP contribution is -1.82. The van der Waals surface area contributed by atoms with E-state index in [0.717, 1.165) is 18.9 Å². The van der Waals surface area contributed by atoms with E-state index < -0.39 is 5.97 Å². The van der Waals surface area contributed by atoms with Crippen molar-refractivity contribution in [3.05, 3.63) is 12.7 Å². The van der Waals surface area contributed by atoms with Crippen LogP contribution < -0.4 is 0 Å². The molecular formula is C16H31FO2. The summed E-state index contributed by atoms with van der Waals surface area (Å²) in [6, 6.07) is 0. The van der Waals surface area contributed by atoms with Gasteiger partial charge in [0.2, 0.25) is 0 Å². The molecule has 0 aromatic carbocycles. The van der Waals surface area contributed by atoms with E-state index in [2.05, 4.69) is 13.5 Å². The highest BCUT2D eigenvalue weighted by atomic mass is 19.1. The fourth-order valence-corrected chi connectivity index (χ4v) is 1.76. The highest BCUT2D eigenvalue weighted by Gasteiger charge is 1.92. The summed E-state index contributed by atoms with van der Waals surface area (Å²) >= 11 is 0. The molecule has 0 radical (unpaired) electrons. The van der Waals surface area contributed by atoms with Gasteiger partial charge in [-0.1, -0.05) is 77.7 Å². The number of unbranched alkanes of at least 4 members (excludes halogenated alkanes) is 10. The number of rotatable bonds is 12. The van der Waals surface area contributed by atoms with Crippen LogP contribution >= 0.6 is 0 Å². The lowest BCUT2D eigenvalue weighted by molar-refractivity contribution is -0.131. The summed E-state index contributed by atoms with van der Waals surface area (Å²) < 4.78 is 11.7. The minimum atomic E-state index is -0.981. The van der Waals surface area contributed by atoms with Crippen molar-refractivity contribution in [2.45, 2.75) is 77.6 Å². The minimum absolute atomic E-state index is 0.128. The second-order valence-corrected chi connectivity index (χ2v) is 4.77. The molecule has 0 bridgehead atoms. The Hall–Kier alpha value is -0.860. The average Bonchev–Trinajstić information content (AvgIpc) is 2.41. The van der Waals surface area contributed by atoms with Crippen molar-refractivity contribution in [3.63, 3.8) is 0 Å². The summed E-state index contributed by atoms with van der Waals surface area (Å²) in [5.74, 6) is -0.981. The molecule has 0 amide bonds. The molecule has 0 aromatic heterocycles. The van der Waals surface area contributed by atoms with Crippen LogP contribution in [0.5, 0.6) is 0 Å². The molecule has 0 aliphatic carbocycles. The van der Waals surface area contributed by atoms with Crippen LogP contribution in [0.3, 0.4) is 0 Å². The summed E-state index contributed by atoms with van der Waals surface area (Å²) in [5.41, 5.74) is 0. The van der Waals surface area contributed by atoms with Crippen LogP contribution in [0, 0.1) is 0 Å². The van der Waals surface area contributed by atoms with Crippen LogP contribution in [0.1, 0.15) is 77.6 Å². The zero-order valence-corrected chi connectivity index (χ0v) is 12.5. The van der Waals surface area contributed by atoms with Crippen LogP contribution in [-0.2, 0) is 4.79 Å². The molecule has 19 heavy (non-hydrogen) atoms. The molecular weight excluding hydrogens is 243 g/mol. The van der Waals surface area contributed by atoms with Crippen molar-refractivity contribution in [2.24, 2.45) is 0 Å². The third-order valence-corrected chi connectivity index (χ3v) is 2.91. The molecule has 0 heterocycles. The molecule has 0 aliphatic heterocycles. The SMILES string of the molecule is C=CC(=O)O.CCCCCCCCCCCCCF. The van der Waals surface area contributed by atoms with E-state index in [-0.39, 0.29) is 6.67 Å². The second kappa shape index (κ2) is 19.5. The van der Waals surface area contributed by atoms with Gasteiger partial charge in [-0.05, 0) is 6.42 Å². The van der Waals surface area contributed by atoms with E-state index in [9.17, 15) is 9.18 Å². The normalized spacial score (nSPS) is 9.58. The standard InChI is InChI=1S/C13H27F.C3H4O2/c1-2-3-4-5-6-7-8-9-10-11-12-13-14;1-2-3(4)5/h2-13H2,1H3;2H,1H2,(H,4,5). The number of carboxylic acid groups (broad SMARTS) is 1. The Morgan fingerprint density at radius 3 is 1.53 bits per heavy atom. The van der Waals surface area contributed by atoms with E-state index in [4.69, 9.17) is 5.11 Å². The fraction of sp³-hybridized carbons (Fsp3) is 0.812. The van der Waals surface area contributed by atoms with E-state index in [1.54, 1.807) is 0 Å². The first kappa shape index (κ1) is 20.5. The number of hydrogen-bond donors (Lipinski definition) is 1. The molecule has 0 saturated heterocycles. The lowest BCUT2D eigenvalue weighted by Gasteiger charge is -2.01. The predicted octanol–water partition coefficient (Wildman–Crippen LogP) is 5.52. The van der Waals surface area contributed by atoms with Crippen molar-refractivity contribution < 1.29 is 14.3 Å². The molecule has 0 saturated carbocycles. The van der Waals surface area contributed by atoms with E-state index >= 15 is 0 Å². The molecule has 0 rings (SSSR count). The van der Waals surface area contributed by atoms with Gasteiger partial charge < -0.3 is 5.11 Å². The Balaban J connectivity index is 0. The maximum atomic E-state index is 11.7. The van der Waals surface area contributed by atoms with Gasteiger partial charge in [0, 0.05) is 6.08 Å². The first-order valence-corrected chi connectivity index (χ1v) is 7.60. The number of aliphatic carboxylic acids is 1. The van der Waals surface area contributed by atoms with Crippen molar-refractivity contribution in [1.82, 2.24) is 0 Å². The first-order valence-electron chi connectivity index (χ1n) is 7.60. The Bertz CT molecular complexity index is 181. The van der Waals surface area contributed by atoms with Crippen LogP contribution in [0.2, 0.25) is 0 Å². The molecule has 2 nitrogen and oxygen atoms in total. The third-order valence-electron chi connectivity index (χ3n) is 2.91. The van der Waals surface area contributed by atoms with Crippen molar-refractivity contribution in [2.75, 3.05) is 6.67 Å². The summed E-state index contributed by atoms with van der Waals surface area (Å²) in [6.07, 6.45) is 15.0. The van der Waals surface area contributed by atoms with Crippen molar-refractivity contribution >= 4 is 5.97 Å². The number of carbonyl (C=O) groups is 1. The van der Waals surface area contributed by atoms with Gasteiger partial charge in [-0.3, -0.25) is 4.39 Å². The quantitative estimate of drug-likeness (QED) is 0.375. The Morgan fingerprint density at radius 2 is 1.26 bits per heavy atom. The van der Waals surface area contributed by atoms with Gasteiger partial charge >= 0.3 is 5.97 Å². The molecule has 114 valence electrons. The molecule has 0 atom stereocenters. The van der Waals surface area contributed by atoms with Gasteiger partial charge in [0.1, 0.15) is 0 Å². The third kappa shape index (κ3) is 26.7. The molecule has 0 fully saturated rings. The molecule has 1 N–H and O–H groups in total. The van der Waals surface area contributed by atoms with Crippen LogP contribution in [-0.4, -0.2) is 17.8 Å². The van der Waals surface area contributed by atoms with Crippen molar-refractivity contribution in [1.29, 1.82) is 0 Å². The number of hydrogen-bond acceptors (Lipinski definition) is 1. The summed E-state index contributed by atoms with van der Waals surface area (Å²) in [7, 11) is 0. The zero-order chi connectivity index (χ0) is 14.8. The maximum Gasteiger partial charge on any atom is 0.327 e. The molecule has 3 heteroatoms. The largest absolute Gasteiger partial charge is 0.478 e. The Labute approximate surface area is 118 Å². The number of halogens is 1. The van der Waals surface area contributed by atoms with Gasteiger partial charge in [0.05, 0.1) is 6.67 Å². The van der Waals surface area contributed by atoms with Gasteiger partial charge in [0.25, 0.3) is 0 Å². The minimum Gasteiger partial charge on any atom is -0.478 e. The van der Waals surface area contributed by atoms with Gasteiger partial charge in [-0.2, -0.15) is 0 Å². The van der Waals surface area contributed by atoms with Crippen molar-refractivity contribution in [3.8, 4) is 0 Å². The van der Waals surface area contributed by atoms with Crippen LogP contribution in [0.15, 0.2) is 12.7 Å². The topological polar surface area (TPSA) is 37.3 Å². The fourth-order valence-electron chi connectivity index (χ4n) is 1.76. The monoisotopic (exact) mass is 274 g/mol. The number of alkyl halides is 1. The van der Waals surface area contributed by atoms with E-state index in [1.165, 1.54) is 57.8 Å². The first-order chi connectivity index (χ1) is 9.18. The van der Waals surface area contributed by atoms with Gasteiger partial charge in [-0.25, -0.2) is 4.79 Å². The van der Waals surface area contributed by atoms with E-state index in [1.807, 2.05) is 0 Å². The van der Waals surface area contributed by atoms with Crippen LogP contribution in [0.4, 0.5) is 4.39 Å². The lowest BCUT2D eigenvalue weighted by atomic mass is 10.1. The molecule has 0 unspecified atom stereocenters. The van der Waals surface area contributed by atoms with E-state index in [0.29, 0.717) is 0 Å². The highest BCUT2D eigenvalue weighted by Crippen LogP contribution is 2.11. The van der Waals surface area contributed by atoms with Crippen LogP contribution in [0.25, 0.3) is 0 Å². The van der Waals surface area contributed by atoms with Gasteiger partial charge in [-0.15, -0.1) is 0 Å². The highest BCUT2D eigenvalue weighted by molar-refractivity contribution is 5.78. The Kier molecular flexibility index (Phi) is 21.0. The molecule has 0 aliphatic rings. The predicted molar refractivity (Wildman–Crippen MR) is 80.3 cm³/mol. The average molecular weight is 274 g/mol. The second-order valence-electron chi connectivity index (χ2n) is 4.77. The Morgan fingerprint density at radius 1 is 0.947 bits per heavy atom. The van der Waals surface area contributed by atoms with Gasteiger partial charge in [0.15, 0.2) is 0 Å². The summed E-state index contributed by atoms with van der Waals surface area (Å²) in [5, 5.41) is 7.60. The zero-order valence-electron chi connectivity index (χ0n) is 12.5. The molecule has 0 spiro atoms. The maximum absolute atomic E-state index is 11.7. The number of carboxylic acids is 1. The molecule has 0 aromatic rings. The summed E-state index contributed by atoms with van der Waals surface area (Å²) in [6.45, 7) is 5.09.